The summed E-state index contributed by atoms with van der Waals surface area (Å²) in [6.45, 7) is 3.23. The van der Waals surface area contributed by atoms with Gasteiger partial charge in [0, 0.05) is 4.88 Å². The Balaban J connectivity index is 1.68. The molecule has 0 bridgehead atoms. The third-order valence-corrected chi connectivity index (χ3v) is 8.83. The topological polar surface area (TPSA) is 92.8 Å². The Morgan fingerprint density at radius 3 is 2.44 bits per heavy atom. The number of amides is 1. The molecule has 1 heterocycles. The van der Waals surface area contributed by atoms with Crippen molar-refractivity contribution in [3.8, 4) is 0 Å². The van der Waals surface area contributed by atoms with Crippen molar-refractivity contribution in [2.75, 3.05) is 23.3 Å². The second-order valence-corrected chi connectivity index (χ2v) is 11.2. The molecule has 1 N–H and O–H groups in total. The summed E-state index contributed by atoms with van der Waals surface area (Å²) < 4.78 is 33.2. The van der Waals surface area contributed by atoms with Gasteiger partial charge in [-0.2, -0.15) is 0 Å². The first-order valence-corrected chi connectivity index (χ1v) is 13.2. The van der Waals surface area contributed by atoms with E-state index in [9.17, 15) is 18.0 Å². The molecule has 3 aromatic rings. The van der Waals surface area contributed by atoms with E-state index in [0.29, 0.717) is 16.3 Å². The number of hydrogen-bond acceptors (Lipinski definition) is 6. The molecule has 0 radical (unpaired) electrons. The zero-order valence-corrected chi connectivity index (χ0v) is 20.9. The number of thiophene rings is 1. The van der Waals surface area contributed by atoms with E-state index in [1.165, 1.54) is 30.6 Å². The third kappa shape index (κ3) is 4.58. The Morgan fingerprint density at radius 2 is 1.76 bits per heavy atom. The van der Waals surface area contributed by atoms with Gasteiger partial charge in [0.1, 0.15) is 11.5 Å². The predicted octanol–water partition coefficient (Wildman–Crippen LogP) is 4.47. The van der Waals surface area contributed by atoms with E-state index in [0.717, 1.165) is 45.1 Å². The highest BCUT2D eigenvalue weighted by molar-refractivity contribution is 7.92. The van der Waals surface area contributed by atoms with Gasteiger partial charge in [-0.15, -0.1) is 11.3 Å². The van der Waals surface area contributed by atoms with Gasteiger partial charge in [-0.1, -0.05) is 35.9 Å². The third-order valence-electron chi connectivity index (χ3n) is 5.84. The minimum Gasteiger partial charge on any atom is -0.465 e. The first kappa shape index (κ1) is 24.0. The van der Waals surface area contributed by atoms with Crippen molar-refractivity contribution in [2.24, 2.45) is 0 Å². The monoisotopic (exact) mass is 498 g/mol. The average molecular weight is 499 g/mol. The number of esters is 1. The van der Waals surface area contributed by atoms with Crippen molar-refractivity contribution in [2.45, 2.75) is 38.0 Å². The molecule has 0 aliphatic heterocycles. The van der Waals surface area contributed by atoms with E-state index in [2.05, 4.69) is 5.32 Å². The van der Waals surface area contributed by atoms with Gasteiger partial charge in [0.05, 0.1) is 23.3 Å². The standard InChI is InChI=1S/C25H26N2O5S2/c1-16-11-13-18(14-12-16)34(30,31)27(20-9-5-4-7-17(20)2)15-22(28)26-24-23(25(29)32-3)19-8-6-10-21(19)33-24/h4-5,7,9,11-14H,6,8,10,15H2,1-3H3,(H,26,28). The van der Waals surface area contributed by atoms with Crippen LogP contribution in [0.2, 0.25) is 0 Å². The number of rotatable bonds is 7. The fourth-order valence-corrected chi connectivity index (χ4v) is 6.87. The minimum atomic E-state index is -4.02. The summed E-state index contributed by atoms with van der Waals surface area (Å²) in [4.78, 5) is 26.7. The maximum Gasteiger partial charge on any atom is 0.341 e. The van der Waals surface area contributed by atoms with Gasteiger partial charge >= 0.3 is 5.97 Å². The van der Waals surface area contributed by atoms with E-state index in [4.69, 9.17) is 4.74 Å². The van der Waals surface area contributed by atoms with Crippen molar-refractivity contribution < 1.29 is 22.7 Å². The summed E-state index contributed by atoms with van der Waals surface area (Å²) in [6, 6.07) is 13.5. The number of fused-ring (bicyclic) bond motifs is 1. The zero-order chi connectivity index (χ0) is 24.5. The Hall–Kier alpha value is -3.17. The van der Waals surface area contributed by atoms with E-state index >= 15 is 0 Å². The molecule has 0 fully saturated rings. The lowest BCUT2D eigenvalue weighted by Crippen LogP contribution is -2.38. The molecule has 1 amide bonds. The fourth-order valence-electron chi connectivity index (χ4n) is 4.09. The van der Waals surface area contributed by atoms with Gasteiger partial charge in [0.15, 0.2) is 0 Å². The van der Waals surface area contributed by atoms with Crippen molar-refractivity contribution in [1.29, 1.82) is 0 Å². The highest BCUT2D eigenvalue weighted by atomic mass is 32.2. The summed E-state index contributed by atoms with van der Waals surface area (Å²) in [5, 5.41) is 3.18. The lowest BCUT2D eigenvalue weighted by Gasteiger charge is -2.25. The van der Waals surface area contributed by atoms with Gasteiger partial charge in [-0.3, -0.25) is 9.10 Å². The molecule has 0 unspecified atom stereocenters. The number of nitrogens with zero attached hydrogens (tertiary/aromatic N) is 1. The highest BCUT2D eigenvalue weighted by Crippen LogP contribution is 2.39. The Kier molecular flexibility index (Phi) is 6.77. The van der Waals surface area contributed by atoms with Crippen molar-refractivity contribution in [3.05, 3.63) is 75.7 Å². The summed E-state index contributed by atoms with van der Waals surface area (Å²) in [6.07, 6.45) is 2.55. The summed E-state index contributed by atoms with van der Waals surface area (Å²) in [5.41, 5.74) is 3.35. The van der Waals surface area contributed by atoms with Gasteiger partial charge in [-0.25, -0.2) is 13.2 Å². The lowest BCUT2D eigenvalue weighted by molar-refractivity contribution is -0.114. The number of hydrogen-bond donors (Lipinski definition) is 1. The van der Waals surface area contributed by atoms with Crippen LogP contribution in [0.3, 0.4) is 0 Å². The molecule has 1 aliphatic carbocycles. The number of para-hydroxylation sites is 1. The van der Waals surface area contributed by atoms with Gasteiger partial charge < -0.3 is 10.1 Å². The quantitative estimate of drug-likeness (QED) is 0.485. The van der Waals surface area contributed by atoms with E-state index < -0.39 is 28.4 Å². The number of benzene rings is 2. The molecule has 0 saturated heterocycles. The number of carbonyl (C=O) groups excluding carboxylic acids is 2. The fraction of sp³-hybridized carbons (Fsp3) is 0.280. The van der Waals surface area contributed by atoms with Crippen LogP contribution in [0.15, 0.2) is 53.4 Å². The van der Waals surface area contributed by atoms with Crippen molar-refractivity contribution >= 4 is 43.9 Å². The number of sulfonamides is 1. The molecule has 178 valence electrons. The Labute approximate surface area is 203 Å². The first-order valence-electron chi connectivity index (χ1n) is 10.9. The Bertz CT molecular complexity index is 1340. The van der Waals surface area contributed by atoms with Crippen LogP contribution in [0, 0.1) is 13.8 Å². The van der Waals surface area contributed by atoms with Crippen LogP contribution in [0.5, 0.6) is 0 Å². The normalized spacial score (nSPS) is 12.8. The first-order chi connectivity index (χ1) is 16.2. The van der Waals surface area contributed by atoms with Crippen LogP contribution in [-0.4, -0.2) is 33.9 Å². The van der Waals surface area contributed by atoms with Crippen LogP contribution in [0.1, 0.15) is 38.3 Å². The molecule has 2 aromatic carbocycles. The maximum absolute atomic E-state index is 13.6. The molecule has 1 aromatic heterocycles. The summed E-state index contributed by atoms with van der Waals surface area (Å²) in [5.74, 6) is -1.04. The summed E-state index contributed by atoms with van der Waals surface area (Å²) >= 11 is 1.35. The predicted molar refractivity (Wildman–Crippen MR) is 133 cm³/mol. The molecule has 34 heavy (non-hydrogen) atoms. The smallest absolute Gasteiger partial charge is 0.341 e. The Morgan fingerprint density at radius 1 is 1.06 bits per heavy atom. The second-order valence-electron chi connectivity index (χ2n) is 8.21. The van der Waals surface area contributed by atoms with Crippen LogP contribution in [-0.2, 0) is 32.4 Å². The lowest BCUT2D eigenvalue weighted by atomic mass is 10.1. The van der Waals surface area contributed by atoms with Gasteiger partial charge in [0.25, 0.3) is 10.0 Å². The molecule has 9 heteroatoms. The van der Waals surface area contributed by atoms with E-state index in [1.54, 1.807) is 37.3 Å². The number of ether oxygens (including phenoxy) is 1. The molecule has 7 nitrogen and oxygen atoms in total. The number of anilines is 2. The second kappa shape index (κ2) is 9.60. The van der Waals surface area contributed by atoms with E-state index in [1.807, 2.05) is 13.0 Å². The molecule has 4 rings (SSSR count). The molecule has 0 atom stereocenters. The van der Waals surface area contributed by atoms with Crippen molar-refractivity contribution in [3.63, 3.8) is 0 Å². The number of aryl methyl sites for hydroxylation is 3. The zero-order valence-electron chi connectivity index (χ0n) is 19.3. The van der Waals surface area contributed by atoms with Crippen molar-refractivity contribution in [1.82, 2.24) is 0 Å². The minimum absolute atomic E-state index is 0.0968. The van der Waals surface area contributed by atoms with Crippen LogP contribution < -0.4 is 9.62 Å². The van der Waals surface area contributed by atoms with E-state index in [-0.39, 0.29) is 4.90 Å². The SMILES string of the molecule is COC(=O)c1c(NC(=O)CN(c2ccccc2C)S(=O)(=O)c2ccc(C)cc2)sc2c1CCC2. The van der Waals surface area contributed by atoms with Gasteiger partial charge in [-0.05, 0) is 62.4 Å². The van der Waals surface area contributed by atoms with Crippen LogP contribution in [0.25, 0.3) is 0 Å². The molecule has 1 aliphatic rings. The molecular weight excluding hydrogens is 472 g/mol. The number of nitrogens with one attached hydrogen (secondary N) is 1. The van der Waals surface area contributed by atoms with Crippen LogP contribution >= 0.6 is 11.3 Å². The largest absolute Gasteiger partial charge is 0.465 e. The van der Waals surface area contributed by atoms with Crippen LogP contribution in [0.4, 0.5) is 10.7 Å². The highest BCUT2D eigenvalue weighted by Gasteiger charge is 2.31. The van der Waals surface area contributed by atoms with Gasteiger partial charge in [0.2, 0.25) is 5.91 Å². The molecule has 0 spiro atoms. The number of carbonyl (C=O) groups is 2. The maximum atomic E-state index is 13.6. The molecule has 0 saturated carbocycles. The number of methoxy groups -OCH3 is 1. The average Bonchev–Trinajstić information content (AvgIpc) is 3.38. The molecular formula is C25H26N2O5S2. The summed E-state index contributed by atoms with van der Waals surface area (Å²) in [7, 11) is -2.72.